The van der Waals surface area contributed by atoms with Crippen LogP contribution in [0.2, 0.25) is 0 Å². The maximum Gasteiger partial charge on any atom is 0.0646 e. The maximum absolute atomic E-state index is 5.65. The molecule has 2 nitrogen and oxygen atoms in total. The minimum atomic E-state index is -0.0648. The first-order chi connectivity index (χ1) is 7.40. The van der Waals surface area contributed by atoms with Crippen LogP contribution in [0.1, 0.15) is 26.3 Å². The molecule has 1 N–H and O–H groups in total. The zero-order valence-electron chi connectivity index (χ0n) is 10.4. The fourth-order valence-electron chi connectivity index (χ4n) is 1.39. The number of benzene rings is 1. The third-order valence-electron chi connectivity index (χ3n) is 2.16. The van der Waals surface area contributed by atoms with E-state index >= 15 is 0 Å². The first kappa shape index (κ1) is 13.5. The molecule has 90 valence electrons. The number of nitrogens with one attached hydrogen (secondary N) is 1. The van der Waals surface area contributed by atoms with Gasteiger partial charge in [0.05, 0.1) is 17.9 Å². The summed E-state index contributed by atoms with van der Waals surface area (Å²) in [4.78, 5) is 0. The van der Waals surface area contributed by atoms with Gasteiger partial charge in [-0.1, -0.05) is 12.1 Å². The maximum atomic E-state index is 5.65. The number of rotatable bonds is 4. The summed E-state index contributed by atoms with van der Waals surface area (Å²) in [5.41, 5.74) is 2.33. The lowest BCUT2D eigenvalue weighted by Crippen LogP contribution is -2.23. The molecule has 0 bridgehead atoms. The van der Waals surface area contributed by atoms with Crippen molar-refractivity contribution in [2.75, 3.05) is 18.5 Å². The first-order valence-corrected chi connectivity index (χ1v) is 6.32. The van der Waals surface area contributed by atoms with Gasteiger partial charge in [0.15, 0.2) is 0 Å². The highest BCUT2D eigenvalue weighted by Gasteiger charge is 2.09. The summed E-state index contributed by atoms with van der Waals surface area (Å²) in [6, 6.07) is 6.17. The van der Waals surface area contributed by atoms with Crippen LogP contribution in [-0.4, -0.2) is 18.8 Å². The molecule has 0 fully saturated rings. The Morgan fingerprint density at radius 2 is 2.00 bits per heavy atom. The minimum Gasteiger partial charge on any atom is -0.382 e. The summed E-state index contributed by atoms with van der Waals surface area (Å²) in [7, 11) is 0. The number of hydrogen-bond donors (Lipinski definition) is 1. The molecular formula is C13H20BrNO. The second-order valence-corrected chi connectivity index (χ2v) is 5.67. The largest absolute Gasteiger partial charge is 0.382 e. The molecule has 0 spiro atoms. The molecule has 0 aliphatic heterocycles. The number of hydrogen-bond acceptors (Lipinski definition) is 2. The van der Waals surface area contributed by atoms with Crippen molar-refractivity contribution in [1.82, 2.24) is 0 Å². The van der Waals surface area contributed by atoms with Gasteiger partial charge in [-0.3, -0.25) is 0 Å². The Kier molecular flexibility index (Phi) is 4.81. The van der Waals surface area contributed by atoms with E-state index in [4.69, 9.17) is 4.74 Å². The van der Waals surface area contributed by atoms with Gasteiger partial charge < -0.3 is 10.1 Å². The van der Waals surface area contributed by atoms with Gasteiger partial charge in [0, 0.05) is 11.0 Å². The van der Waals surface area contributed by atoms with E-state index < -0.39 is 0 Å². The van der Waals surface area contributed by atoms with Crippen molar-refractivity contribution in [2.24, 2.45) is 0 Å². The third-order valence-corrected chi connectivity index (χ3v) is 2.82. The van der Waals surface area contributed by atoms with E-state index in [0.717, 1.165) is 16.7 Å². The molecule has 0 saturated heterocycles. The van der Waals surface area contributed by atoms with Crippen molar-refractivity contribution in [1.29, 1.82) is 0 Å². The van der Waals surface area contributed by atoms with Crippen molar-refractivity contribution in [3.05, 3.63) is 28.2 Å². The summed E-state index contributed by atoms with van der Waals surface area (Å²) in [6.45, 7) is 9.83. The fraction of sp³-hybridized carbons (Fsp3) is 0.538. The Morgan fingerprint density at radius 1 is 1.31 bits per heavy atom. The smallest absolute Gasteiger partial charge is 0.0646 e. The van der Waals surface area contributed by atoms with E-state index in [1.807, 2.05) is 12.1 Å². The highest BCUT2D eigenvalue weighted by atomic mass is 79.9. The predicted molar refractivity (Wildman–Crippen MR) is 73.1 cm³/mol. The van der Waals surface area contributed by atoms with Gasteiger partial charge in [0.2, 0.25) is 0 Å². The molecular weight excluding hydrogens is 266 g/mol. The van der Waals surface area contributed by atoms with Crippen LogP contribution in [0.3, 0.4) is 0 Å². The van der Waals surface area contributed by atoms with Crippen LogP contribution < -0.4 is 5.32 Å². The summed E-state index contributed by atoms with van der Waals surface area (Å²) in [5.74, 6) is 0. The van der Waals surface area contributed by atoms with E-state index in [9.17, 15) is 0 Å². The molecule has 0 aliphatic carbocycles. The normalized spacial score (nSPS) is 11.6. The van der Waals surface area contributed by atoms with Crippen molar-refractivity contribution in [3.63, 3.8) is 0 Å². The van der Waals surface area contributed by atoms with E-state index in [-0.39, 0.29) is 5.60 Å². The zero-order valence-corrected chi connectivity index (χ0v) is 12.0. The number of ether oxygens (including phenoxy) is 1. The minimum absolute atomic E-state index is 0.0648. The molecule has 0 aliphatic rings. The van der Waals surface area contributed by atoms with Crippen molar-refractivity contribution < 1.29 is 4.74 Å². The van der Waals surface area contributed by atoms with Gasteiger partial charge in [-0.15, -0.1) is 0 Å². The summed E-state index contributed by atoms with van der Waals surface area (Å²) < 4.78 is 6.75. The quantitative estimate of drug-likeness (QED) is 0.845. The number of anilines is 1. The molecule has 3 heteroatoms. The topological polar surface area (TPSA) is 21.3 Å². The van der Waals surface area contributed by atoms with Crippen LogP contribution in [-0.2, 0) is 4.74 Å². The Labute approximate surface area is 107 Å². The van der Waals surface area contributed by atoms with E-state index in [0.29, 0.717) is 6.61 Å². The lowest BCUT2D eigenvalue weighted by atomic mass is 10.2. The van der Waals surface area contributed by atoms with E-state index in [2.05, 4.69) is 55.0 Å². The Balaban J connectivity index is 2.43. The summed E-state index contributed by atoms with van der Waals surface area (Å²) in [6.07, 6.45) is 0. The molecule has 0 atom stereocenters. The average Bonchev–Trinajstić information content (AvgIpc) is 2.14. The predicted octanol–water partition coefficient (Wildman–Crippen LogP) is 3.98. The third kappa shape index (κ3) is 4.54. The van der Waals surface area contributed by atoms with Crippen molar-refractivity contribution in [3.8, 4) is 0 Å². The van der Waals surface area contributed by atoms with Crippen LogP contribution in [0.25, 0.3) is 0 Å². The van der Waals surface area contributed by atoms with Gasteiger partial charge in [0.1, 0.15) is 0 Å². The summed E-state index contributed by atoms with van der Waals surface area (Å²) >= 11 is 3.54. The van der Waals surface area contributed by atoms with Gasteiger partial charge in [-0.25, -0.2) is 0 Å². The number of halogens is 1. The highest BCUT2D eigenvalue weighted by molar-refractivity contribution is 9.10. The summed E-state index contributed by atoms with van der Waals surface area (Å²) in [5, 5.41) is 3.38. The lowest BCUT2D eigenvalue weighted by Gasteiger charge is -2.20. The number of aryl methyl sites for hydroxylation is 1. The molecule has 16 heavy (non-hydrogen) atoms. The van der Waals surface area contributed by atoms with Crippen LogP contribution in [0.5, 0.6) is 0 Å². The van der Waals surface area contributed by atoms with Crippen LogP contribution in [0.15, 0.2) is 22.7 Å². The van der Waals surface area contributed by atoms with Crippen molar-refractivity contribution >= 4 is 21.6 Å². The molecule has 0 saturated carbocycles. The van der Waals surface area contributed by atoms with E-state index in [1.165, 1.54) is 5.56 Å². The lowest BCUT2D eigenvalue weighted by molar-refractivity contribution is 0.00333. The molecule has 1 rings (SSSR count). The molecule has 1 aromatic carbocycles. The standard InChI is InChI=1S/C13H20BrNO/c1-10-6-5-7-11(14)12(10)15-8-9-16-13(2,3)4/h5-7,15H,8-9H2,1-4H3. The Hall–Kier alpha value is -0.540. The van der Waals surface area contributed by atoms with Crippen molar-refractivity contribution in [2.45, 2.75) is 33.3 Å². The van der Waals surface area contributed by atoms with Gasteiger partial charge in [-0.2, -0.15) is 0 Å². The SMILES string of the molecule is Cc1cccc(Br)c1NCCOC(C)(C)C. The fourth-order valence-corrected chi connectivity index (χ4v) is 1.99. The molecule has 0 aromatic heterocycles. The van der Waals surface area contributed by atoms with E-state index in [1.54, 1.807) is 0 Å². The van der Waals surface area contributed by atoms with Crippen LogP contribution in [0, 0.1) is 6.92 Å². The van der Waals surface area contributed by atoms with Gasteiger partial charge >= 0.3 is 0 Å². The zero-order chi connectivity index (χ0) is 12.2. The molecule has 0 heterocycles. The van der Waals surface area contributed by atoms with Crippen LogP contribution >= 0.6 is 15.9 Å². The van der Waals surface area contributed by atoms with Crippen LogP contribution in [0.4, 0.5) is 5.69 Å². The Morgan fingerprint density at radius 3 is 2.56 bits per heavy atom. The first-order valence-electron chi connectivity index (χ1n) is 5.53. The molecule has 0 unspecified atom stereocenters. The highest BCUT2D eigenvalue weighted by Crippen LogP contribution is 2.25. The number of para-hydroxylation sites is 1. The second-order valence-electron chi connectivity index (χ2n) is 4.82. The average molecular weight is 286 g/mol. The molecule has 1 aromatic rings. The Bertz CT molecular complexity index is 324. The van der Waals surface area contributed by atoms with Gasteiger partial charge in [-0.05, 0) is 55.3 Å². The molecule has 0 radical (unpaired) electrons. The monoisotopic (exact) mass is 285 g/mol. The molecule has 0 amide bonds. The van der Waals surface area contributed by atoms with Gasteiger partial charge in [0.25, 0.3) is 0 Å². The second kappa shape index (κ2) is 5.69.